The van der Waals surface area contributed by atoms with Crippen molar-refractivity contribution in [1.82, 2.24) is 15.5 Å². The van der Waals surface area contributed by atoms with Crippen LogP contribution in [0.3, 0.4) is 0 Å². The minimum Gasteiger partial charge on any atom is -0.475 e. The first-order valence-electron chi connectivity index (χ1n) is 7.66. The highest BCUT2D eigenvalue weighted by atomic mass is 16.6. The molecule has 3 rings (SSSR count). The van der Waals surface area contributed by atoms with Gasteiger partial charge in [-0.2, -0.15) is 0 Å². The molecule has 0 saturated heterocycles. The summed E-state index contributed by atoms with van der Waals surface area (Å²) in [5.74, 6) is 0.495. The Morgan fingerprint density at radius 1 is 1.19 bits per heavy atom. The zero-order chi connectivity index (χ0) is 18.4. The number of nitro groups is 1. The smallest absolute Gasteiger partial charge is 0.270 e. The number of carbonyl (C=O) groups is 1. The Kier molecular flexibility index (Phi) is 5.18. The van der Waals surface area contributed by atoms with Gasteiger partial charge in [-0.3, -0.25) is 14.9 Å². The van der Waals surface area contributed by atoms with Crippen LogP contribution < -0.4 is 10.1 Å². The molecular weight excluding hydrogens is 340 g/mol. The molecule has 0 fully saturated rings. The Labute approximate surface area is 147 Å². The number of carbonyl (C=O) groups excluding carboxylic acids is 1. The van der Waals surface area contributed by atoms with Gasteiger partial charge >= 0.3 is 0 Å². The Morgan fingerprint density at radius 3 is 2.77 bits per heavy atom. The number of rotatable bonds is 7. The second kappa shape index (κ2) is 7.88. The molecule has 0 aliphatic heterocycles. The van der Waals surface area contributed by atoms with E-state index in [1.165, 1.54) is 24.3 Å². The second-order valence-electron chi connectivity index (χ2n) is 5.15. The first kappa shape index (κ1) is 17.1. The molecule has 0 spiro atoms. The number of furan rings is 1. The van der Waals surface area contributed by atoms with Gasteiger partial charge in [0.05, 0.1) is 17.7 Å². The van der Waals surface area contributed by atoms with Crippen molar-refractivity contribution >= 4 is 11.6 Å². The molecule has 26 heavy (non-hydrogen) atoms. The van der Waals surface area contributed by atoms with Gasteiger partial charge < -0.3 is 14.5 Å². The van der Waals surface area contributed by atoms with Crippen LogP contribution in [-0.4, -0.2) is 34.2 Å². The molecule has 0 aliphatic rings. The summed E-state index contributed by atoms with van der Waals surface area (Å²) in [7, 11) is 0. The van der Waals surface area contributed by atoms with Crippen molar-refractivity contribution in [2.45, 2.75) is 0 Å². The van der Waals surface area contributed by atoms with E-state index in [1.54, 1.807) is 30.5 Å². The van der Waals surface area contributed by atoms with Gasteiger partial charge in [0.15, 0.2) is 5.76 Å². The number of hydrogen-bond donors (Lipinski definition) is 1. The number of benzene rings is 1. The highest BCUT2D eigenvalue weighted by Gasteiger charge is 2.11. The van der Waals surface area contributed by atoms with Crippen molar-refractivity contribution < 1.29 is 18.9 Å². The van der Waals surface area contributed by atoms with E-state index >= 15 is 0 Å². The third-order valence-corrected chi connectivity index (χ3v) is 3.37. The topological polar surface area (TPSA) is 120 Å². The van der Waals surface area contributed by atoms with E-state index in [4.69, 9.17) is 9.15 Å². The fourth-order valence-corrected chi connectivity index (χ4v) is 2.14. The SMILES string of the molecule is O=C(NCCOc1ccc(-c2ccco2)nn1)c1cccc([N+](=O)[O-])c1. The van der Waals surface area contributed by atoms with E-state index in [0.717, 1.165) is 0 Å². The first-order chi connectivity index (χ1) is 12.6. The predicted molar refractivity (Wildman–Crippen MR) is 90.7 cm³/mol. The molecule has 0 bridgehead atoms. The van der Waals surface area contributed by atoms with Crippen molar-refractivity contribution in [3.8, 4) is 17.3 Å². The molecule has 0 radical (unpaired) electrons. The van der Waals surface area contributed by atoms with Crippen LogP contribution in [0, 0.1) is 10.1 Å². The minimum atomic E-state index is -0.551. The zero-order valence-corrected chi connectivity index (χ0v) is 13.5. The average Bonchev–Trinajstić information content (AvgIpc) is 3.20. The van der Waals surface area contributed by atoms with Gasteiger partial charge in [-0.15, -0.1) is 10.2 Å². The lowest BCUT2D eigenvalue weighted by molar-refractivity contribution is -0.384. The highest BCUT2D eigenvalue weighted by Crippen LogP contribution is 2.17. The van der Waals surface area contributed by atoms with Crippen molar-refractivity contribution in [3.63, 3.8) is 0 Å². The molecule has 0 aliphatic carbocycles. The number of aromatic nitrogens is 2. The number of nitrogens with zero attached hydrogens (tertiary/aromatic N) is 3. The number of ether oxygens (including phenoxy) is 1. The summed E-state index contributed by atoms with van der Waals surface area (Å²) in [6.45, 7) is 0.387. The maximum atomic E-state index is 12.0. The summed E-state index contributed by atoms with van der Waals surface area (Å²) < 4.78 is 10.6. The summed E-state index contributed by atoms with van der Waals surface area (Å²) in [4.78, 5) is 22.2. The molecule has 1 N–H and O–H groups in total. The van der Waals surface area contributed by atoms with Gasteiger partial charge in [0.1, 0.15) is 12.3 Å². The van der Waals surface area contributed by atoms with E-state index < -0.39 is 10.8 Å². The molecule has 1 amide bonds. The Bertz CT molecular complexity index is 894. The van der Waals surface area contributed by atoms with Crippen LogP contribution in [0.2, 0.25) is 0 Å². The van der Waals surface area contributed by atoms with Gasteiger partial charge in [0.2, 0.25) is 5.88 Å². The summed E-state index contributed by atoms with van der Waals surface area (Å²) >= 11 is 0. The van der Waals surface area contributed by atoms with E-state index in [-0.39, 0.29) is 24.4 Å². The van der Waals surface area contributed by atoms with Crippen LogP contribution in [0.15, 0.2) is 59.2 Å². The van der Waals surface area contributed by atoms with Crippen molar-refractivity contribution in [3.05, 3.63) is 70.5 Å². The largest absolute Gasteiger partial charge is 0.475 e. The van der Waals surface area contributed by atoms with Gasteiger partial charge in [-0.1, -0.05) is 6.07 Å². The van der Waals surface area contributed by atoms with E-state index in [2.05, 4.69) is 15.5 Å². The molecule has 2 aromatic heterocycles. The first-order valence-corrected chi connectivity index (χ1v) is 7.66. The number of nitrogens with one attached hydrogen (secondary N) is 1. The molecule has 9 nitrogen and oxygen atoms in total. The highest BCUT2D eigenvalue weighted by molar-refractivity contribution is 5.94. The van der Waals surface area contributed by atoms with Crippen molar-refractivity contribution in [2.75, 3.05) is 13.2 Å². The lowest BCUT2D eigenvalue weighted by atomic mass is 10.2. The molecule has 3 aromatic rings. The minimum absolute atomic E-state index is 0.138. The number of amides is 1. The van der Waals surface area contributed by atoms with Gasteiger partial charge in [-0.05, 0) is 24.3 Å². The maximum absolute atomic E-state index is 12.0. The molecule has 9 heteroatoms. The van der Waals surface area contributed by atoms with Gasteiger partial charge in [0, 0.05) is 23.8 Å². The van der Waals surface area contributed by atoms with Crippen LogP contribution >= 0.6 is 0 Å². The Morgan fingerprint density at radius 2 is 2.08 bits per heavy atom. The van der Waals surface area contributed by atoms with Gasteiger partial charge in [-0.25, -0.2) is 0 Å². The predicted octanol–water partition coefficient (Wildman–Crippen LogP) is 2.45. The third-order valence-electron chi connectivity index (χ3n) is 3.37. The van der Waals surface area contributed by atoms with Crippen LogP contribution in [-0.2, 0) is 0 Å². The Hall–Kier alpha value is -3.75. The third kappa shape index (κ3) is 4.20. The van der Waals surface area contributed by atoms with Crippen LogP contribution in [0.4, 0.5) is 5.69 Å². The normalized spacial score (nSPS) is 10.3. The molecule has 132 valence electrons. The second-order valence-corrected chi connectivity index (χ2v) is 5.15. The molecular formula is C17H14N4O5. The maximum Gasteiger partial charge on any atom is 0.270 e. The van der Waals surface area contributed by atoms with Crippen LogP contribution in [0.25, 0.3) is 11.5 Å². The van der Waals surface area contributed by atoms with E-state index in [0.29, 0.717) is 17.3 Å². The molecule has 0 atom stereocenters. The van der Waals surface area contributed by atoms with Crippen molar-refractivity contribution in [1.29, 1.82) is 0 Å². The zero-order valence-electron chi connectivity index (χ0n) is 13.5. The summed E-state index contributed by atoms with van der Waals surface area (Å²) in [5, 5.41) is 21.3. The lowest BCUT2D eigenvalue weighted by Gasteiger charge is -2.07. The number of hydrogen-bond acceptors (Lipinski definition) is 7. The molecule has 1 aromatic carbocycles. The average molecular weight is 354 g/mol. The standard InChI is InChI=1S/C17H14N4O5/c22-17(12-3-1-4-13(11-12)21(23)24)18-8-10-26-16-7-6-14(19-20-16)15-5-2-9-25-15/h1-7,9,11H,8,10H2,(H,18,22). The molecule has 0 unspecified atom stereocenters. The van der Waals surface area contributed by atoms with Crippen LogP contribution in [0.1, 0.15) is 10.4 Å². The van der Waals surface area contributed by atoms with Gasteiger partial charge in [0.25, 0.3) is 11.6 Å². The fraction of sp³-hybridized carbons (Fsp3) is 0.118. The quantitative estimate of drug-likeness (QED) is 0.393. The van der Waals surface area contributed by atoms with Crippen molar-refractivity contribution in [2.24, 2.45) is 0 Å². The summed E-state index contributed by atoms with van der Waals surface area (Å²) in [6, 6.07) is 12.4. The number of nitro benzene ring substituents is 1. The molecule has 0 saturated carbocycles. The van der Waals surface area contributed by atoms with E-state index in [9.17, 15) is 14.9 Å². The lowest BCUT2D eigenvalue weighted by Crippen LogP contribution is -2.28. The Balaban J connectivity index is 1.47. The summed E-state index contributed by atoms with van der Waals surface area (Å²) in [6.07, 6.45) is 1.55. The van der Waals surface area contributed by atoms with E-state index in [1.807, 2.05) is 0 Å². The fourth-order valence-electron chi connectivity index (χ4n) is 2.14. The summed E-state index contributed by atoms with van der Waals surface area (Å²) in [5.41, 5.74) is 0.656. The van der Waals surface area contributed by atoms with Crippen LogP contribution in [0.5, 0.6) is 5.88 Å². The molecule has 2 heterocycles. The number of non-ortho nitro benzene ring substituents is 1. The monoisotopic (exact) mass is 354 g/mol.